The summed E-state index contributed by atoms with van der Waals surface area (Å²) in [6, 6.07) is -1.37. The minimum absolute atomic E-state index is 0.0687. The lowest BCUT2D eigenvalue weighted by Crippen LogP contribution is -2.42. The first-order valence-electron chi connectivity index (χ1n) is 5.97. The standard InChI is InChI=1S/C11H14N4O5/c12-6-2-7(10(18)19)15(4-6)8(16)1-5-3-13-11(20)14-9(5)17/h3,6-7H,1-2,4,12H2,(H,18,19)(H2,13,14,17,20)/t6-,7-/m0/s1. The first-order chi connectivity index (χ1) is 9.38. The highest BCUT2D eigenvalue weighted by molar-refractivity contribution is 5.85. The lowest BCUT2D eigenvalue weighted by molar-refractivity contribution is -0.148. The number of likely N-dealkylation sites (tertiary alicyclic amines) is 1. The van der Waals surface area contributed by atoms with E-state index in [9.17, 15) is 19.2 Å². The molecule has 1 saturated heterocycles. The number of rotatable bonds is 3. The molecule has 1 aliphatic heterocycles. The molecule has 9 nitrogen and oxygen atoms in total. The van der Waals surface area contributed by atoms with Crippen molar-refractivity contribution in [3.05, 3.63) is 32.6 Å². The molecule has 1 aromatic heterocycles. The number of nitrogens with two attached hydrogens (primary N) is 1. The third-order valence-corrected chi connectivity index (χ3v) is 3.18. The second-order valence-electron chi connectivity index (χ2n) is 4.67. The summed E-state index contributed by atoms with van der Waals surface area (Å²) in [6.07, 6.45) is 1.04. The smallest absolute Gasteiger partial charge is 0.326 e. The van der Waals surface area contributed by atoms with E-state index in [4.69, 9.17) is 10.8 Å². The Morgan fingerprint density at radius 3 is 2.75 bits per heavy atom. The van der Waals surface area contributed by atoms with Gasteiger partial charge in [-0.25, -0.2) is 9.59 Å². The zero-order valence-corrected chi connectivity index (χ0v) is 10.5. The van der Waals surface area contributed by atoms with Crippen LogP contribution in [0, 0.1) is 0 Å². The Hall–Kier alpha value is -2.42. The van der Waals surface area contributed by atoms with Gasteiger partial charge >= 0.3 is 11.7 Å². The molecule has 0 spiro atoms. The number of carboxylic acids is 1. The van der Waals surface area contributed by atoms with E-state index in [0.717, 1.165) is 11.1 Å². The summed E-state index contributed by atoms with van der Waals surface area (Å²) in [6.45, 7) is 0.136. The molecule has 5 N–H and O–H groups in total. The van der Waals surface area contributed by atoms with Gasteiger partial charge < -0.3 is 20.7 Å². The predicted octanol–water partition coefficient (Wildman–Crippen LogP) is -2.38. The number of H-pyrrole nitrogens is 2. The highest BCUT2D eigenvalue weighted by Crippen LogP contribution is 2.17. The van der Waals surface area contributed by atoms with Crippen LogP contribution in [0.4, 0.5) is 0 Å². The second-order valence-corrected chi connectivity index (χ2v) is 4.67. The summed E-state index contributed by atoms with van der Waals surface area (Å²) < 4.78 is 0. The molecule has 2 heterocycles. The Balaban J connectivity index is 2.17. The molecular weight excluding hydrogens is 268 g/mol. The van der Waals surface area contributed by atoms with E-state index in [2.05, 4.69) is 4.98 Å². The van der Waals surface area contributed by atoms with E-state index in [0.29, 0.717) is 0 Å². The van der Waals surface area contributed by atoms with Gasteiger partial charge in [0.25, 0.3) is 5.56 Å². The van der Waals surface area contributed by atoms with Gasteiger partial charge in [-0.3, -0.25) is 14.6 Å². The third kappa shape index (κ3) is 2.77. The summed E-state index contributed by atoms with van der Waals surface area (Å²) in [5.41, 5.74) is 4.39. The van der Waals surface area contributed by atoms with Gasteiger partial charge in [-0.2, -0.15) is 0 Å². The second kappa shape index (κ2) is 5.29. The maximum Gasteiger partial charge on any atom is 0.326 e. The molecule has 1 aromatic rings. The minimum atomic E-state index is -1.12. The number of carboxylic acid groups (broad SMARTS) is 1. The first-order valence-corrected chi connectivity index (χ1v) is 5.97. The van der Waals surface area contributed by atoms with Crippen molar-refractivity contribution in [2.75, 3.05) is 6.54 Å². The molecule has 1 amide bonds. The zero-order valence-electron chi connectivity index (χ0n) is 10.5. The quantitative estimate of drug-likeness (QED) is 0.486. The predicted molar refractivity (Wildman–Crippen MR) is 67.1 cm³/mol. The summed E-state index contributed by atoms with van der Waals surface area (Å²) in [5.74, 6) is -1.63. The number of amides is 1. The topological polar surface area (TPSA) is 149 Å². The van der Waals surface area contributed by atoms with E-state index in [1.165, 1.54) is 0 Å². The molecule has 0 unspecified atom stereocenters. The third-order valence-electron chi connectivity index (χ3n) is 3.18. The van der Waals surface area contributed by atoms with Crippen LogP contribution in [0.25, 0.3) is 0 Å². The van der Waals surface area contributed by atoms with Crippen molar-refractivity contribution in [1.82, 2.24) is 14.9 Å². The molecule has 9 heteroatoms. The van der Waals surface area contributed by atoms with Gasteiger partial charge in [0.2, 0.25) is 5.91 Å². The van der Waals surface area contributed by atoms with E-state index < -0.39 is 35.2 Å². The lowest BCUT2D eigenvalue weighted by atomic mass is 10.1. The molecule has 108 valence electrons. The largest absolute Gasteiger partial charge is 0.480 e. The van der Waals surface area contributed by atoms with Gasteiger partial charge in [0.1, 0.15) is 6.04 Å². The van der Waals surface area contributed by atoms with E-state index >= 15 is 0 Å². The van der Waals surface area contributed by atoms with Gasteiger partial charge in [-0.1, -0.05) is 0 Å². The Bertz CT molecular complexity index is 649. The van der Waals surface area contributed by atoms with Crippen LogP contribution in [0.5, 0.6) is 0 Å². The zero-order chi connectivity index (χ0) is 14.9. The van der Waals surface area contributed by atoms with Gasteiger partial charge in [0.05, 0.1) is 6.42 Å². The van der Waals surface area contributed by atoms with Crippen molar-refractivity contribution in [2.45, 2.75) is 24.9 Å². The molecule has 0 saturated carbocycles. The fourth-order valence-electron chi connectivity index (χ4n) is 2.21. The molecule has 2 rings (SSSR count). The van der Waals surface area contributed by atoms with Crippen molar-refractivity contribution in [3.8, 4) is 0 Å². The van der Waals surface area contributed by atoms with Crippen molar-refractivity contribution >= 4 is 11.9 Å². The summed E-state index contributed by atoms with van der Waals surface area (Å²) in [4.78, 5) is 50.9. The number of nitrogens with one attached hydrogen (secondary N) is 2. The van der Waals surface area contributed by atoms with Crippen LogP contribution in [0.15, 0.2) is 15.8 Å². The monoisotopic (exact) mass is 282 g/mol. The SMILES string of the molecule is N[C@H]1C[C@@H](C(=O)O)N(C(=O)Cc2c[nH]c(=O)[nH]c2=O)C1. The van der Waals surface area contributed by atoms with Crippen molar-refractivity contribution in [1.29, 1.82) is 0 Å². The summed E-state index contributed by atoms with van der Waals surface area (Å²) in [7, 11) is 0. The molecule has 1 aliphatic rings. The number of nitrogens with zero attached hydrogens (tertiary/aromatic N) is 1. The molecule has 20 heavy (non-hydrogen) atoms. The van der Waals surface area contributed by atoms with E-state index in [-0.39, 0.29) is 24.9 Å². The highest BCUT2D eigenvalue weighted by atomic mass is 16.4. The van der Waals surface area contributed by atoms with Crippen LogP contribution in [-0.2, 0) is 16.0 Å². The normalized spacial score (nSPS) is 21.9. The molecule has 1 fully saturated rings. The maximum absolute atomic E-state index is 12.1. The average Bonchev–Trinajstić information content (AvgIpc) is 2.75. The fourth-order valence-corrected chi connectivity index (χ4v) is 2.21. The number of carbonyl (C=O) groups excluding carboxylic acids is 1. The van der Waals surface area contributed by atoms with Gasteiger partial charge in [0, 0.05) is 24.3 Å². The molecule has 0 aliphatic carbocycles. The summed E-state index contributed by atoms with van der Waals surface area (Å²) in [5, 5.41) is 9.04. The van der Waals surface area contributed by atoms with Crippen molar-refractivity contribution < 1.29 is 14.7 Å². The summed E-state index contributed by atoms with van der Waals surface area (Å²) >= 11 is 0. The number of aromatic amines is 2. The fraction of sp³-hybridized carbons (Fsp3) is 0.455. The van der Waals surface area contributed by atoms with Gasteiger partial charge in [0.15, 0.2) is 0 Å². The number of hydrogen-bond donors (Lipinski definition) is 4. The van der Waals surface area contributed by atoms with E-state index in [1.807, 2.05) is 4.98 Å². The van der Waals surface area contributed by atoms with Crippen LogP contribution < -0.4 is 17.0 Å². The Morgan fingerprint density at radius 1 is 1.45 bits per heavy atom. The van der Waals surface area contributed by atoms with Crippen LogP contribution in [0.2, 0.25) is 0 Å². The molecule has 0 aromatic carbocycles. The Labute approximate surface area is 112 Å². The number of hydrogen-bond acceptors (Lipinski definition) is 5. The van der Waals surface area contributed by atoms with Crippen LogP contribution in [0.3, 0.4) is 0 Å². The lowest BCUT2D eigenvalue weighted by Gasteiger charge is -2.21. The average molecular weight is 282 g/mol. The van der Waals surface area contributed by atoms with Gasteiger partial charge in [-0.05, 0) is 6.42 Å². The Kier molecular flexibility index (Phi) is 3.70. The van der Waals surface area contributed by atoms with Crippen molar-refractivity contribution in [2.24, 2.45) is 5.73 Å². The Morgan fingerprint density at radius 2 is 2.15 bits per heavy atom. The highest BCUT2D eigenvalue weighted by Gasteiger charge is 2.38. The molecule has 0 radical (unpaired) electrons. The van der Waals surface area contributed by atoms with Crippen molar-refractivity contribution in [3.63, 3.8) is 0 Å². The maximum atomic E-state index is 12.1. The van der Waals surface area contributed by atoms with Gasteiger partial charge in [-0.15, -0.1) is 0 Å². The van der Waals surface area contributed by atoms with Crippen LogP contribution >= 0.6 is 0 Å². The number of aliphatic carboxylic acids is 1. The molecular formula is C11H14N4O5. The van der Waals surface area contributed by atoms with Crippen LogP contribution in [-0.4, -0.2) is 50.5 Å². The first kappa shape index (κ1) is 14.0. The van der Waals surface area contributed by atoms with E-state index in [1.54, 1.807) is 0 Å². The number of aromatic nitrogens is 2. The molecule has 2 atom stereocenters. The molecule has 0 bridgehead atoms. The van der Waals surface area contributed by atoms with Crippen LogP contribution in [0.1, 0.15) is 12.0 Å². The minimum Gasteiger partial charge on any atom is -0.480 e. The number of carbonyl (C=O) groups is 2.